The first-order valence-electron chi connectivity index (χ1n) is 31.3. The number of aliphatic hydroxyl groups excluding tert-OH is 4. The van der Waals surface area contributed by atoms with E-state index in [1.807, 2.05) is 254 Å². The molecule has 2 atom stereocenters. The highest BCUT2D eigenvalue weighted by Gasteiger charge is 2.44. The third kappa shape index (κ3) is 18.6. The van der Waals surface area contributed by atoms with Crippen LogP contribution in [0.4, 0.5) is 11.4 Å². The number of hydrogen-bond donors (Lipinski definition) is 4. The van der Waals surface area contributed by atoms with Gasteiger partial charge in [-0.15, -0.1) is 22.7 Å². The first-order valence-corrected chi connectivity index (χ1v) is 32.9. The van der Waals surface area contributed by atoms with Crippen LogP contribution in [0.2, 0.25) is 0 Å². The Labute approximate surface area is 584 Å². The molecule has 4 heterocycles. The Balaban J connectivity index is 0.000000211. The number of nitriles is 5. The summed E-state index contributed by atoms with van der Waals surface area (Å²) in [5.74, 6) is 1.45. The van der Waals surface area contributed by atoms with Gasteiger partial charge in [-0.3, -0.25) is 4.79 Å². The number of anilines is 2. The minimum atomic E-state index is -1.07. The van der Waals surface area contributed by atoms with Crippen molar-refractivity contribution < 1.29 is 44.2 Å². The third-order valence-electron chi connectivity index (χ3n) is 16.0. The van der Waals surface area contributed by atoms with Gasteiger partial charge in [-0.1, -0.05) is 127 Å². The summed E-state index contributed by atoms with van der Waals surface area (Å²) in [5, 5.41) is 84.2. The number of aldehydes is 1. The highest BCUT2D eigenvalue weighted by Crippen LogP contribution is 2.49. The number of carbonyl (C=O) groups excluding carboxylic acids is 1. The molecule has 0 bridgehead atoms. The van der Waals surface area contributed by atoms with E-state index >= 15 is 0 Å². The second-order valence-electron chi connectivity index (χ2n) is 22.3. The minimum absolute atomic E-state index is 0.000691. The lowest BCUT2D eigenvalue weighted by atomic mass is 9.87. The molecule has 17 nitrogen and oxygen atoms in total. The van der Waals surface area contributed by atoms with Crippen LogP contribution in [0.25, 0.3) is 35.2 Å². The van der Waals surface area contributed by atoms with E-state index in [9.17, 15) is 41.0 Å². The van der Waals surface area contributed by atoms with Gasteiger partial charge in [-0.25, -0.2) is 4.85 Å². The number of hydrogen-bond acceptors (Lipinski definition) is 18. The average Bonchev–Trinajstić information content (AvgIpc) is 1.61. The van der Waals surface area contributed by atoms with Crippen molar-refractivity contribution in [2.75, 3.05) is 62.4 Å². The highest BCUT2D eigenvalue weighted by atomic mass is 32.1. The molecular weight excluding hydrogens is 1280 g/mol. The van der Waals surface area contributed by atoms with Gasteiger partial charge in [0.2, 0.25) is 5.70 Å². The molecule has 2 unspecified atom stereocenters. The van der Waals surface area contributed by atoms with Crippen LogP contribution in [0.1, 0.15) is 78.5 Å². The molecule has 0 amide bonds. The van der Waals surface area contributed by atoms with Crippen LogP contribution in [-0.4, -0.2) is 79.3 Å². The Morgan fingerprint density at radius 2 is 0.899 bits per heavy atom. The van der Waals surface area contributed by atoms with Crippen molar-refractivity contribution in [3.63, 3.8) is 0 Å². The summed E-state index contributed by atoms with van der Waals surface area (Å²) in [6.07, 6.45) is 12.5. The monoisotopic (exact) mass is 1350 g/mol. The lowest BCUT2D eigenvalue weighted by Gasteiger charge is -2.28. The van der Waals surface area contributed by atoms with E-state index in [-0.39, 0.29) is 60.4 Å². The molecule has 0 spiro atoms. The van der Waals surface area contributed by atoms with Gasteiger partial charge in [0, 0.05) is 81.0 Å². The largest absolute Gasteiger partial charge is 0.488 e. The van der Waals surface area contributed by atoms with Crippen molar-refractivity contribution >= 4 is 70.7 Å². The van der Waals surface area contributed by atoms with Crippen LogP contribution >= 0.6 is 22.7 Å². The fraction of sp³-hybridized carbons (Fsp3) is 0.188. The Morgan fingerprint density at radius 3 is 1.29 bits per heavy atom. The number of nitrogens with zero attached hydrogens (tertiary/aromatic N) is 8. The van der Waals surface area contributed by atoms with Crippen molar-refractivity contribution in [3.05, 3.63) is 297 Å². The van der Waals surface area contributed by atoms with E-state index in [2.05, 4.69) is 4.85 Å². The lowest BCUT2D eigenvalue weighted by Crippen LogP contribution is -2.29. The molecule has 0 saturated carbocycles. The van der Waals surface area contributed by atoms with E-state index in [4.69, 9.17) is 36.0 Å². The Morgan fingerprint density at radius 1 is 0.515 bits per heavy atom. The number of carbonyl (C=O) groups is 1. The molecule has 2 aliphatic heterocycles. The molecule has 6 aromatic carbocycles. The van der Waals surface area contributed by atoms with Gasteiger partial charge in [-0.2, -0.15) is 26.3 Å². The Hall–Kier alpha value is -11.9. The van der Waals surface area contributed by atoms with Gasteiger partial charge in [0.1, 0.15) is 60.7 Å². The molecule has 2 aromatic heterocycles. The summed E-state index contributed by atoms with van der Waals surface area (Å²) in [6.45, 7) is 15.7. The Kier molecular flexibility index (Phi) is 26.8. The summed E-state index contributed by atoms with van der Waals surface area (Å²) < 4.78 is 24.5. The normalized spacial score (nSPS) is 15.2. The molecule has 8 aromatic rings. The van der Waals surface area contributed by atoms with Crippen LogP contribution in [0.5, 0.6) is 11.5 Å². The predicted molar refractivity (Wildman–Crippen MR) is 386 cm³/mol. The average molecular weight is 1350 g/mol. The number of benzene rings is 6. The SMILES string of the molecule is CC1=C(C#N)C(=C(C#N)C#N)OC1(C)c1ccccc1.O=Cc1ccc(/C=C/c2ccc(N(CCO)CCO)cc2OCc2ccccc2)s1.[C-]#[N+]C1=C(/C=C/c2ccc(/C=C/c3ccc(N(CCO)CCO)cc3OCc3ccccc3)s2)C(C)(c2ccccc2)OC1=C(C#N)C#N. The zero-order chi connectivity index (χ0) is 70.6. The second kappa shape index (κ2) is 36.3. The zero-order valence-corrected chi connectivity index (χ0v) is 56.3. The molecule has 2 aliphatic rings. The van der Waals surface area contributed by atoms with Crippen molar-refractivity contribution in [2.45, 2.75) is 45.2 Å². The molecule has 4 N–H and O–H groups in total. The first-order chi connectivity index (χ1) is 48.2. The van der Waals surface area contributed by atoms with Gasteiger partial charge in [0.15, 0.2) is 34.6 Å². The number of ether oxygens (including phenoxy) is 4. The van der Waals surface area contributed by atoms with Crippen molar-refractivity contribution in [3.8, 4) is 41.8 Å². The molecule has 10 rings (SSSR count). The molecule has 0 aliphatic carbocycles. The molecule has 0 fully saturated rings. The molecule has 496 valence electrons. The van der Waals surface area contributed by atoms with Gasteiger partial charge in [0.25, 0.3) is 0 Å². The van der Waals surface area contributed by atoms with E-state index in [1.165, 1.54) is 11.3 Å². The maximum atomic E-state index is 10.9. The lowest BCUT2D eigenvalue weighted by molar-refractivity contribution is 0.0728. The molecular formula is C80H70N8O9S2. The van der Waals surface area contributed by atoms with Gasteiger partial charge < -0.3 is 49.2 Å². The summed E-state index contributed by atoms with van der Waals surface area (Å²) in [7, 11) is 0. The fourth-order valence-corrected chi connectivity index (χ4v) is 12.3. The van der Waals surface area contributed by atoms with Crippen LogP contribution in [0.3, 0.4) is 0 Å². The molecule has 99 heavy (non-hydrogen) atoms. The number of aliphatic hydroxyl groups is 4. The summed E-state index contributed by atoms with van der Waals surface area (Å²) >= 11 is 2.99. The Bertz CT molecular complexity index is 4570. The standard InChI is InChI=1S/C40H34N4O4S.C24H25NO4S.C16H11N3O/c1-40(32-11-7-4-8-12-32)36(38(43-2)39(48-40)31(26-41)27-42)20-19-35-18-17-34(49-35)16-14-30-13-15-33(44(21-23-45)22-24-46)25-37(30)47-28-29-9-5-3-6-10-29;26-14-12-25(13-15-27)21-8-6-20(7-9-22-10-11-23(17-28)30-22)24(16-21)29-18-19-4-2-1-3-5-19;1-11-14(10-19)15(12(8-17)9-18)20-16(11,2)13-6-4-3-5-7-13/h3-20,25,45-46H,21-24,28H2,1H3;1-11,16-17,26-27H,12-15,18H2;3-7H,1-2H3/b16-14+,20-19+;9-7+;. The number of rotatable bonds is 25. The van der Waals surface area contributed by atoms with Crippen LogP contribution < -0.4 is 19.3 Å². The van der Waals surface area contributed by atoms with Gasteiger partial charge >= 0.3 is 0 Å². The summed E-state index contributed by atoms with van der Waals surface area (Å²) in [4.78, 5) is 22.0. The third-order valence-corrected chi connectivity index (χ3v) is 18.0. The summed E-state index contributed by atoms with van der Waals surface area (Å²) in [6, 6.07) is 67.4. The highest BCUT2D eigenvalue weighted by molar-refractivity contribution is 7.14. The van der Waals surface area contributed by atoms with Crippen molar-refractivity contribution in [1.29, 1.82) is 26.3 Å². The number of allylic oxidation sites excluding steroid dienone is 3. The van der Waals surface area contributed by atoms with E-state index in [0.29, 0.717) is 66.9 Å². The summed E-state index contributed by atoms with van der Waals surface area (Å²) in [5.41, 5.74) is 6.59. The first kappa shape index (κ1) is 73.0. The predicted octanol–water partition coefficient (Wildman–Crippen LogP) is 14.9. The maximum absolute atomic E-state index is 10.9. The van der Waals surface area contributed by atoms with Crippen LogP contribution in [0, 0.1) is 63.2 Å². The molecule has 19 heteroatoms. The van der Waals surface area contributed by atoms with E-state index < -0.39 is 11.2 Å². The van der Waals surface area contributed by atoms with Crippen molar-refractivity contribution in [2.24, 2.45) is 0 Å². The minimum Gasteiger partial charge on any atom is -0.488 e. The van der Waals surface area contributed by atoms with Gasteiger partial charge in [0.05, 0.1) is 43.4 Å². The van der Waals surface area contributed by atoms with Crippen molar-refractivity contribution in [1.82, 2.24) is 0 Å². The van der Waals surface area contributed by atoms with Crippen LogP contribution in [-0.2, 0) is 33.9 Å². The topological polar surface area (TPSA) is 265 Å². The quantitative estimate of drug-likeness (QED) is 0.0235. The van der Waals surface area contributed by atoms with E-state index in [0.717, 1.165) is 65.7 Å². The fourth-order valence-electron chi connectivity index (χ4n) is 10.7. The number of thiophene rings is 2. The van der Waals surface area contributed by atoms with Crippen LogP contribution in [0.15, 0.2) is 233 Å². The smallest absolute Gasteiger partial charge is 0.237 e. The molecule has 0 radical (unpaired) electrons. The second-order valence-corrected chi connectivity index (χ2v) is 24.6. The maximum Gasteiger partial charge on any atom is 0.237 e. The molecule has 0 saturated heterocycles. The van der Waals surface area contributed by atoms with Gasteiger partial charge in [-0.05, 0) is 128 Å². The zero-order valence-electron chi connectivity index (χ0n) is 54.7. The van der Waals surface area contributed by atoms with E-state index in [1.54, 1.807) is 36.5 Å².